The zero-order valence-electron chi connectivity index (χ0n) is 6.56. The molecule has 0 aliphatic heterocycles. The van der Waals surface area contributed by atoms with Crippen molar-refractivity contribution in [3.63, 3.8) is 0 Å². The summed E-state index contributed by atoms with van der Waals surface area (Å²) in [5.41, 5.74) is 6.71. The molecule has 0 aromatic carbocycles. The van der Waals surface area contributed by atoms with Crippen LogP contribution in [-0.4, -0.2) is 17.1 Å². The lowest BCUT2D eigenvalue weighted by Crippen LogP contribution is -2.25. The highest BCUT2D eigenvalue weighted by Gasteiger charge is 2.08. The standard InChI is InChI=1S/C8H11NO2S/c9-7(4-8(10)11)3-6-1-2-12-5-6/h1-2,5,7H,3-4,9H2,(H,10,11). The largest absolute Gasteiger partial charge is 0.481 e. The predicted octanol–water partition coefficient (Wildman–Crippen LogP) is 1.09. The van der Waals surface area contributed by atoms with Gasteiger partial charge in [-0.3, -0.25) is 4.79 Å². The van der Waals surface area contributed by atoms with E-state index in [9.17, 15) is 4.79 Å². The smallest absolute Gasteiger partial charge is 0.304 e. The first-order chi connectivity index (χ1) is 5.68. The van der Waals surface area contributed by atoms with Gasteiger partial charge in [-0.25, -0.2) is 0 Å². The van der Waals surface area contributed by atoms with Gasteiger partial charge in [0.1, 0.15) is 0 Å². The van der Waals surface area contributed by atoms with Crippen LogP contribution in [0.3, 0.4) is 0 Å². The Morgan fingerprint density at radius 3 is 3.00 bits per heavy atom. The Hall–Kier alpha value is -0.870. The lowest BCUT2D eigenvalue weighted by molar-refractivity contribution is -0.137. The monoisotopic (exact) mass is 185 g/mol. The minimum Gasteiger partial charge on any atom is -0.481 e. The molecule has 3 nitrogen and oxygen atoms in total. The van der Waals surface area contributed by atoms with Crippen LogP contribution < -0.4 is 5.73 Å². The van der Waals surface area contributed by atoms with Crippen LogP contribution in [0.5, 0.6) is 0 Å². The summed E-state index contributed by atoms with van der Waals surface area (Å²) in [7, 11) is 0. The second-order valence-electron chi connectivity index (χ2n) is 2.69. The number of aliphatic carboxylic acids is 1. The third-order valence-corrected chi connectivity index (χ3v) is 2.25. The molecule has 1 aromatic rings. The highest BCUT2D eigenvalue weighted by atomic mass is 32.1. The number of hydrogen-bond acceptors (Lipinski definition) is 3. The van der Waals surface area contributed by atoms with E-state index < -0.39 is 5.97 Å². The molecule has 0 saturated heterocycles. The van der Waals surface area contributed by atoms with Crippen molar-refractivity contribution >= 4 is 17.3 Å². The molecular formula is C8H11NO2S. The summed E-state index contributed by atoms with van der Waals surface area (Å²) in [4.78, 5) is 10.3. The van der Waals surface area contributed by atoms with E-state index in [2.05, 4.69) is 0 Å². The van der Waals surface area contributed by atoms with Crippen molar-refractivity contribution in [2.45, 2.75) is 18.9 Å². The van der Waals surface area contributed by atoms with Crippen LogP contribution in [0.25, 0.3) is 0 Å². The van der Waals surface area contributed by atoms with Crippen LogP contribution in [0.2, 0.25) is 0 Å². The number of carboxylic acid groups (broad SMARTS) is 1. The molecule has 12 heavy (non-hydrogen) atoms. The second kappa shape index (κ2) is 4.23. The van der Waals surface area contributed by atoms with Crippen LogP contribution >= 0.6 is 11.3 Å². The van der Waals surface area contributed by atoms with Crippen molar-refractivity contribution in [1.82, 2.24) is 0 Å². The highest BCUT2D eigenvalue weighted by Crippen LogP contribution is 2.08. The van der Waals surface area contributed by atoms with E-state index in [1.807, 2.05) is 16.8 Å². The Bertz CT molecular complexity index is 246. The Kier molecular flexibility index (Phi) is 3.25. The molecule has 66 valence electrons. The number of rotatable bonds is 4. The summed E-state index contributed by atoms with van der Waals surface area (Å²) in [6, 6.07) is 1.70. The van der Waals surface area contributed by atoms with Crippen molar-refractivity contribution < 1.29 is 9.90 Å². The lowest BCUT2D eigenvalue weighted by Gasteiger charge is -2.05. The molecule has 1 unspecified atom stereocenters. The summed E-state index contributed by atoms with van der Waals surface area (Å²) in [6.07, 6.45) is 0.686. The second-order valence-corrected chi connectivity index (χ2v) is 3.47. The minimum absolute atomic E-state index is 0.0375. The molecule has 1 heterocycles. The van der Waals surface area contributed by atoms with Gasteiger partial charge in [-0.2, -0.15) is 11.3 Å². The van der Waals surface area contributed by atoms with Gasteiger partial charge in [-0.05, 0) is 28.8 Å². The zero-order chi connectivity index (χ0) is 8.97. The van der Waals surface area contributed by atoms with Crippen molar-refractivity contribution in [2.24, 2.45) is 5.73 Å². The third kappa shape index (κ3) is 3.02. The van der Waals surface area contributed by atoms with E-state index >= 15 is 0 Å². The average Bonchev–Trinajstić information content (AvgIpc) is 2.37. The van der Waals surface area contributed by atoms with E-state index in [-0.39, 0.29) is 12.5 Å². The highest BCUT2D eigenvalue weighted by molar-refractivity contribution is 7.07. The summed E-state index contributed by atoms with van der Waals surface area (Å²) < 4.78 is 0. The first-order valence-electron chi connectivity index (χ1n) is 3.67. The molecule has 0 amide bonds. The molecule has 0 fully saturated rings. The number of carboxylic acids is 1. The Labute approximate surface area is 74.8 Å². The fourth-order valence-electron chi connectivity index (χ4n) is 1.01. The predicted molar refractivity (Wildman–Crippen MR) is 48.3 cm³/mol. The Balaban J connectivity index is 2.36. The van der Waals surface area contributed by atoms with Crippen molar-refractivity contribution in [1.29, 1.82) is 0 Å². The molecule has 1 atom stereocenters. The molecule has 1 aromatic heterocycles. The number of thiophene rings is 1. The normalized spacial score (nSPS) is 12.8. The van der Waals surface area contributed by atoms with Gasteiger partial charge in [-0.1, -0.05) is 0 Å². The van der Waals surface area contributed by atoms with Gasteiger partial charge in [0.05, 0.1) is 6.42 Å². The molecule has 4 heteroatoms. The molecular weight excluding hydrogens is 174 g/mol. The first kappa shape index (κ1) is 9.22. The minimum atomic E-state index is -0.835. The van der Waals surface area contributed by atoms with Crippen LogP contribution in [-0.2, 0) is 11.2 Å². The quantitative estimate of drug-likeness (QED) is 0.738. The topological polar surface area (TPSA) is 63.3 Å². The molecule has 0 bridgehead atoms. The van der Waals surface area contributed by atoms with Crippen LogP contribution in [0, 0.1) is 0 Å². The van der Waals surface area contributed by atoms with E-state index in [1.54, 1.807) is 11.3 Å². The van der Waals surface area contributed by atoms with Gasteiger partial charge < -0.3 is 10.8 Å². The summed E-state index contributed by atoms with van der Waals surface area (Å²) in [5.74, 6) is -0.835. The maximum Gasteiger partial charge on any atom is 0.304 e. The molecule has 0 aliphatic carbocycles. The van der Waals surface area contributed by atoms with Gasteiger partial charge in [0.15, 0.2) is 0 Å². The fraction of sp³-hybridized carbons (Fsp3) is 0.375. The molecule has 0 saturated carbocycles. The zero-order valence-corrected chi connectivity index (χ0v) is 7.38. The maximum atomic E-state index is 10.3. The SMILES string of the molecule is NC(CC(=O)O)Cc1ccsc1. The van der Waals surface area contributed by atoms with E-state index in [1.165, 1.54) is 0 Å². The van der Waals surface area contributed by atoms with Crippen LogP contribution in [0.4, 0.5) is 0 Å². The summed E-state index contributed by atoms with van der Waals surface area (Å²) >= 11 is 1.60. The number of hydrogen-bond donors (Lipinski definition) is 2. The van der Waals surface area contributed by atoms with Gasteiger partial charge in [-0.15, -0.1) is 0 Å². The average molecular weight is 185 g/mol. The van der Waals surface area contributed by atoms with Crippen LogP contribution in [0.15, 0.2) is 16.8 Å². The van der Waals surface area contributed by atoms with Crippen molar-refractivity contribution in [3.8, 4) is 0 Å². The molecule has 1 rings (SSSR count). The van der Waals surface area contributed by atoms with E-state index in [0.717, 1.165) is 5.56 Å². The van der Waals surface area contributed by atoms with Crippen LogP contribution in [0.1, 0.15) is 12.0 Å². The summed E-state index contributed by atoms with van der Waals surface area (Å²) in [6.45, 7) is 0. The van der Waals surface area contributed by atoms with E-state index in [0.29, 0.717) is 6.42 Å². The van der Waals surface area contributed by atoms with Crippen molar-refractivity contribution in [3.05, 3.63) is 22.4 Å². The maximum absolute atomic E-state index is 10.3. The van der Waals surface area contributed by atoms with Crippen molar-refractivity contribution in [2.75, 3.05) is 0 Å². The third-order valence-electron chi connectivity index (χ3n) is 1.51. The number of nitrogens with two attached hydrogens (primary N) is 1. The molecule has 0 aliphatic rings. The summed E-state index contributed by atoms with van der Waals surface area (Å²) in [5, 5.41) is 12.4. The first-order valence-corrected chi connectivity index (χ1v) is 4.61. The molecule has 3 N–H and O–H groups in total. The van der Waals surface area contributed by atoms with E-state index in [4.69, 9.17) is 10.8 Å². The van der Waals surface area contributed by atoms with Gasteiger partial charge >= 0.3 is 5.97 Å². The Morgan fingerprint density at radius 1 is 1.75 bits per heavy atom. The van der Waals surface area contributed by atoms with Gasteiger partial charge in [0.25, 0.3) is 0 Å². The molecule has 0 radical (unpaired) electrons. The lowest BCUT2D eigenvalue weighted by atomic mass is 10.1. The Morgan fingerprint density at radius 2 is 2.50 bits per heavy atom. The molecule has 0 spiro atoms. The number of carbonyl (C=O) groups is 1. The fourth-order valence-corrected chi connectivity index (χ4v) is 1.69. The van der Waals surface area contributed by atoms with Gasteiger partial charge in [0.2, 0.25) is 0 Å². The van der Waals surface area contributed by atoms with Gasteiger partial charge in [0, 0.05) is 6.04 Å².